The minimum absolute atomic E-state index is 0.691. The molecule has 15 heavy (non-hydrogen) atoms. The summed E-state index contributed by atoms with van der Waals surface area (Å²) in [5.41, 5.74) is -0.691. The van der Waals surface area contributed by atoms with Gasteiger partial charge in [0.1, 0.15) is 5.60 Å². The summed E-state index contributed by atoms with van der Waals surface area (Å²) >= 11 is 0. The number of hydrogen-bond acceptors (Lipinski definition) is 3. The van der Waals surface area contributed by atoms with E-state index in [4.69, 9.17) is 17.7 Å². The predicted molar refractivity (Wildman–Crippen MR) is 54.3 cm³/mol. The summed E-state index contributed by atoms with van der Waals surface area (Å²) in [6.07, 6.45) is -0.849. The maximum atomic E-state index is 11.1. The van der Waals surface area contributed by atoms with E-state index in [1.165, 1.54) is 0 Å². The number of rotatable bonds is 2. The monoisotopic (exact) mass is 209 g/mol. The quantitative estimate of drug-likeness (QED) is 0.499. The molecule has 6 heteroatoms. The van der Waals surface area contributed by atoms with Crippen LogP contribution in [0, 0.1) is 11.7 Å². The van der Waals surface area contributed by atoms with Gasteiger partial charge < -0.3 is 9.84 Å². The van der Waals surface area contributed by atoms with Crippen LogP contribution in [0.2, 0.25) is 0 Å². The first kappa shape index (κ1) is 13.4. The van der Waals surface area contributed by atoms with Crippen molar-refractivity contribution in [3.63, 3.8) is 0 Å². The van der Waals surface area contributed by atoms with E-state index in [9.17, 15) is 9.59 Å². The molecule has 5 nitrogen and oxygen atoms in total. The summed E-state index contributed by atoms with van der Waals surface area (Å²) in [4.78, 5) is 21.7. The first-order chi connectivity index (χ1) is 6.76. The number of carbonyl (C=O) groups is 2. The highest BCUT2D eigenvalue weighted by Gasteiger charge is 2.21. The third-order valence-corrected chi connectivity index (χ3v) is 1.14. The van der Waals surface area contributed by atoms with E-state index >= 15 is 0 Å². The van der Waals surface area contributed by atoms with Crippen LogP contribution in [-0.4, -0.2) is 36.7 Å². The van der Waals surface area contributed by atoms with Crippen LogP contribution in [-0.2, 0) is 9.53 Å². The highest BCUT2D eigenvalue weighted by Crippen LogP contribution is 2.06. The number of nitrogens with one attached hydrogen (secondary N) is 1. The summed E-state index contributed by atoms with van der Waals surface area (Å²) in [7, 11) is 4.85. The Balaban J connectivity index is 4.35. The van der Waals surface area contributed by atoms with E-state index in [2.05, 4.69) is 11.2 Å². The van der Waals surface area contributed by atoms with E-state index < -0.39 is 23.7 Å². The van der Waals surface area contributed by atoms with Gasteiger partial charge in [-0.3, -0.25) is 5.32 Å². The fraction of sp³-hybridized carbons (Fsp3) is 0.556. The van der Waals surface area contributed by atoms with Gasteiger partial charge in [0, 0.05) is 0 Å². The number of carboxylic acids is 1. The smallest absolute Gasteiger partial charge is 0.409 e. The number of carbonyl (C=O) groups excluding carboxylic acids is 1. The lowest BCUT2D eigenvalue weighted by Gasteiger charge is -2.20. The molecule has 0 bridgehead atoms. The molecule has 80 valence electrons. The number of alkyl carbamates (subject to hydrolysis) is 1. The summed E-state index contributed by atoms with van der Waals surface area (Å²) in [6.45, 7) is 4.99. The molecule has 0 spiro atoms. The van der Waals surface area contributed by atoms with E-state index in [1.54, 1.807) is 20.8 Å². The molecule has 0 aliphatic carbocycles. The zero-order chi connectivity index (χ0) is 12.1. The van der Waals surface area contributed by atoms with Crippen molar-refractivity contribution in [2.75, 3.05) is 0 Å². The van der Waals surface area contributed by atoms with Gasteiger partial charge in [-0.05, 0) is 20.8 Å². The van der Waals surface area contributed by atoms with E-state index in [1.807, 2.05) is 5.82 Å². The number of ether oxygens (including phenoxy) is 1. The molecular weight excluding hydrogens is 197 g/mol. The second-order valence-corrected chi connectivity index (χ2v) is 3.71. The zero-order valence-corrected chi connectivity index (χ0v) is 8.83. The van der Waals surface area contributed by atoms with Crippen molar-refractivity contribution in [1.29, 1.82) is 0 Å². The maximum absolute atomic E-state index is 11.1. The Kier molecular flexibility index (Phi) is 4.72. The molecule has 0 aliphatic heterocycles. The van der Waals surface area contributed by atoms with Crippen molar-refractivity contribution < 1.29 is 19.4 Å². The summed E-state index contributed by atoms with van der Waals surface area (Å²) in [5.74, 6) is 2.74. The Hall–Kier alpha value is -1.64. The van der Waals surface area contributed by atoms with Crippen LogP contribution >= 0.6 is 0 Å². The summed E-state index contributed by atoms with van der Waals surface area (Å²) in [6, 6.07) is -1.36. The van der Waals surface area contributed by atoms with Gasteiger partial charge in [0.2, 0.25) is 0 Å². The van der Waals surface area contributed by atoms with Crippen LogP contribution in [0.15, 0.2) is 0 Å². The Bertz CT molecular complexity index is 310. The molecule has 0 heterocycles. The molecule has 1 unspecified atom stereocenters. The third kappa shape index (κ3) is 6.44. The molecule has 0 saturated heterocycles. The van der Waals surface area contributed by atoms with Crippen LogP contribution in [0.3, 0.4) is 0 Å². The first-order valence-corrected chi connectivity index (χ1v) is 4.19. The molecule has 0 aromatic heterocycles. The molecule has 0 aromatic rings. The first-order valence-electron chi connectivity index (χ1n) is 4.19. The van der Waals surface area contributed by atoms with Crippen LogP contribution in [0.5, 0.6) is 0 Å². The fourth-order valence-electron chi connectivity index (χ4n) is 0.668. The van der Waals surface area contributed by atoms with Gasteiger partial charge in [-0.1, -0.05) is 5.92 Å². The van der Waals surface area contributed by atoms with Crippen LogP contribution < -0.4 is 5.32 Å². The van der Waals surface area contributed by atoms with E-state index in [0.29, 0.717) is 0 Å². The van der Waals surface area contributed by atoms with Crippen molar-refractivity contribution in [2.45, 2.75) is 32.4 Å². The Labute approximate surface area is 89.6 Å². The van der Waals surface area contributed by atoms with E-state index in [0.717, 1.165) is 0 Å². The van der Waals surface area contributed by atoms with Gasteiger partial charge in [-0.2, -0.15) is 5.82 Å². The normalized spacial score (nSPS) is 11.9. The van der Waals surface area contributed by atoms with Crippen molar-refractivity contribution in [1.82, 2.24) is 5.32 Å². The highest BCUT2D eigenvalue weighted by molar-refractivity contribution is 6.22. The standard InChI is InChI=1S/C9H12BNO4/c1-9(2,3)15-8(14)11-6(4-5-10)7(12)13/h6H,1-3H3,(H,11,14)(H,12,13). The molecular formula is C9H12BNO4. The van der Waals surface area contributed by atoms with Crippen molar-refractivity contribution in [2.24, 2.45) is 0 Å². The topological polar surface area (TPSA) is 75.6 Å². The molecule has 2 N–H and O–H groups in total. The van der Waals surface area contributed by atoms with Crippen LogP contribution in [0.1, 0.15) is 20.8 Å². The minimum atomic E-state index is -1.36. The molecule has 2 radical (unpaired) electrons. The molecule has 0 saturated carbocycles. The number of aliphatic carboxylic acids is 1. The lowest BCUT2D eigenvalue weighted by molar-refractivity contribution is -0.137. The highest BCUT2D eigenvalue weighted by atomic mass is 16.6. The van der Waals surface area contributed by atoms with Gasteiger partial charge >= 0.3 is 12.1 Å². The van der Waals surface area contributed by atoms with Gasteiger partial charge in [-0.15, -0.1) is 0 Å². The maximum Gasteiger partial charge on any atom is 0.409 e. The van der Waals surface area contributed by atoms with Crippen molar-refractivity contribution in [3.05, 3.63) is 0 Å². The summed E-state index contributed by atoms with van der Waals surface area (Å²) in [5, 5.41) is 10.7. The Morgan fingerprint density at radius 2 is 2.00 bits per heavy atom. The van der Waals surface area contributed by atoms with Crippen molar-refractivity contribution in [3.8, 4) is 11.7 Å². The molecule has 0 aliphatic rings. The van der Waals surface area contributed by atoms with Crippen LogP contribution in [0.4, 0.5) is 4.79 Å². The van der Waals surface area contributed by atoms with Crippen LogP contribution in [0.25, 0.3) is 0 Å². The third-order valence-electron chi connectivity index (χ3n) is 1.14. The fourth-order valence-corrected chi connectivity index (χ4v) is 0.668. The average molecular weight is 209 g/mol. The SMILES string of the molecule is [B]C#CC(NC(=O)OC(C)(C)C)C(=O)O. The zero-order valence-electron chi connectivity index (χ0n) is 8.83. The molecule has 1 amide bonds. The molecule has 1 atom stereocenters. The Morgan fingerprint density at radius 3 is 2.33 bits per heavy atom. The van der Waals surface area contributed by atoms with Crippen molar-refractivity contribution >= 4 is 19.9 Å². The van der Waals surface area contributed by atoms with Gasteiger partial charge in [0.25, 0.3) is 0 Å². The molecule has 0 rings (SSSR count). The lowest BCUT2D eigenvalue weighted by atomic mass is 10.1. The molecule has 0 fully saturated rings. The second kappa shape index (κ2) is 5.30. The van der Waals surface area contributed by atoms with E-state index in [-0.39, 0.29) is 0 Å². The summed E-state index contributed by atoms with van der Waals surface area (Å²) < 4.78 is 4.84. The number of hydrogen-bond donors (Lipinski definition) is 2. The lowest BCUT2D eigenvalue weighted by Crippen LogP contribution is -2.42. The average Bonchev–Trinajstić information content (AvgIpc) is 1.99. The Morgan fingerprint density at radius 1 is 1.47 bits per heavy atom. The van der Waals surface area contributed by atoms with Gasteiger partial charge in [0.05, 0.1) is 0 Å². The predicted octanol–water partition coefficient (Wildman–Crippen LogP) is 0.0937. The minimum Gasteiger partial charge on any atom is -0.479 e. The number of amides is 1. The van der Waals surface area contributed by atoms with Gasteiger partial charge in [0.15, 0.2) is 13.9 Å². The number of carboxylic acid groups (broad SMARTS) is 1. The molecule has 0 aromatic carbocycles. The largest absolute Gasteiger partial charge is 0.479 e. The van der Waals surface area contributed by atoms with Gasteiger partial charge in [-0.25, -0.2) is 9.59 Å². The second-order valence-electron chi connectivity index (χ2n) is 3.71.